The zero-order chi connectivity index (χ0) is 17.3. The van der Waals surface area contributed by atoms with Gasteiger partial charge in [0.05, 0.1) is 17.0 Å². The number of urea groups is 1. The molecule has 4 amide bonds. The Labute approximate surface area is 138 Å². The molecule has 0 aromatic heterocycles. The first-order chi connectivity index (χ1) is 11.5. The summed E-state index contributed by atoms with van der Waals surface area (Å²) in [6.07, 6.45) is 0.432. The number of carbonyl (C=O) groups is 4. The number of rotatable bonds is 4. The molecular formula is C16H17N3O5. The third kappa shape index (κ3) is 2.82. The number of carboxylic acid groups (broad SMARTS) is 1. The predicted octanol–water partition coefficient (Wildman–Crippen LogP) is 0.399. The number of imide groups is 1. The van der Waals surface area contributed by atoms with Crippen molar-refractivity contribution in [3.8, 4) is 0 Å². The molecule has 0 radical (unpaired) electrons. The molecule has 0 saturated carbocycles. The minimum absolute atomic E-state index is 0.0777. The van der Waals surface area contributed by atoms with Crippen LogP contribution in [-0.2, 0) is 4.79 Å². The maximum absolute atomic E-state index is 12.2. The van der Waals surface area contributed by atoms with Crippen molar-refractivity contribution in [3.05, 3.63) is 35.4 Å². The van der Waals surface area contributed by atoms with Crippen molar-refractivity contribution < 1.29 is 24.3 Å². The topological polar surface area (TPSA) is 107 Å². The fraction of sp³-hybridized carbons (Fsp3) is 0.375. The van der Waals surface area contributed by atoms with E-state index in [2.05, 4.69) is 5.32 Å². The highest BCUT2D eigenvalue weighted by atomic mass is 16.4. The largest absolute Gasteiger partial charge is 0.481 e. The van der Waals surface area contributed by atoms with Gasteiger partial charge in [-0.15, -0.1) is 0 Å². The Kier molecular flexibility index (Phi) is 4.20. The molecule has 2 N–H and O–H groups in total. The van der Waals surface area contributed by atoms with Gasteiger partial charge in [-0.1, -0.05) is 12.1 Å². The van der Waals surface area contributed by atoms with Gasteiger partial charge in [0.2, 0.25) is 0 Å². The highest BCUT2D eigenvalue weighted by Crippen LogP contribution is 2.21. The first-order valence-corrected chi connectivity index (χ1v) is 7.70. The van der Waals surface area contributed by atoms with Gasteiger partial charge in [0.25, 0.3) is 11.8 Å². The van der Waals surface area contributed by atoms with E-state index in [1.165, 1.54) is 4.90 Å². The molecule has 1 unspecified atom stereocenters. The molecule has 3 rings (SSSR count). The molecule has 2 aliphatic rings. The van der Waals surface area contributed by atoms with Crippen molar-refractivity contribution in [1.82, 2.24) is 15.1 Å². The van der Waals surface area contributed by atoms with Crippen molar-refractivity contribution in [1.29, 1.82) is 0 Å². The van der Waals surface area contributed by atoms with Crippen molar-refractivity contribution in [2.45, 2.75) is 6.42 Å². The smallest absolute Gasteiger partial charge is 0.317 e. The van der Waals surface area contributed by atoms with Crippen LogP contribution in [0.15, 0.2) is 24.3 Å². The fourth-order valence-electron chi connectivity index (χ4n) is 2.97. The summed E-state index contributed by atoms with van der Waals surface area (Å²) in [4.78, 5) is 49.8. The molecule has 0 aliphatic carbocycles. The van der Waals surface area contributed by atoms with Gasteiger partial charge in [-0.05, 0) is 18.6 Å². The Hall–Kier alpha value is -2.90. The first kappa shape index (κ1) is 16.0. The van der Waals surface area contributed by atoms with Crippen molar-refractivity contribution in [3.63, 3.8) is 0 Å². The number of nitrogens with one attached hydrogen (secondary N) is 1. The zero-order valence-corrected chi connectivity index (χ0v) is 12.9. The second-order valence-electron chi connectivity index (χ2n) is 5.81. The second kappa shape index (κ2) is 6.31. The highest BCUT2D eigenvalue weighted by Gasteiger charge is 2.35. The summed E-state index contributed by atoms with van der Waals surface area (Å²) in [5.41, 5.74) is 0.746. The van der Waals surface area contributed by atoms with E-state index in [1.54, 1.807) is 24.3 Å². The van der Waals surface area contributed by atoms with E-state index in [9.17, 15) is 19.2 Å². The number of likely N-dealkylation sites (tertiary alicyclic amines) is 1. The Morgan fingerprint density at radius 3 is 2.33 bits per heavy atom. The van der Waals surface area contributed by atoms with Crippen LogP contribution in [0.2, 0.25) is 0 Å². The van der Waals surface area contributed by atoms with E-state index in [1.807, 2.05) is 0 Å². The van der Waals surface area contributed by atoms with Crippen LogP contribution in [0, 0.1) is 5.92 Å². The lowest BCUT2D eigenvalue weighted by Crippen LogP contribution is -2.43. The summed E-state index contributed by atoms with van der Waals surface area (Å²) < 4.78 is 0. The van der Waals surface area contributed by atoms with E-state index in [-0.39, 0.29) is 37.5 Å². The molecule has 2 aliphatic heterocycles. The number of hydrogen-bond acceptors (Lipinski definition) is 4. The molecule has 126 valence electrons. The second-order valence-corrected chi connectivity index (χ2v) is 5.81. The van der Waals surface area contributed by atoms with Gasteiger partial charge in [0.15, 0.2) is 0 Å². The third-order valence-electron chi connectivity index (χ3n) is 4.31. The minimum atomic E-state index is -0.906. The average molecular weight is 331 g/mol. The van der Waals surface area contributed by atoms with Gasteiger partial charge in [-0.3, -0.25) is 19.3 Å². The quantitative estimate of drug-likeness (QED) is 0.777. The van der Waals surface area contributed by atoms with Crippen LogP contribution < -0.4 is 5.32 Å². The van der Waals surface area contributed by atoms with E-state index < -0.39 is 11.9 Å². The Morgan fingerprint density at radius 1 is 1.17 bits per heavy atom. The number of hydrogen-bond donors (Lipinski definition) is 2. The van der Waals surface area contributed by atoms with Gasteiger partial charge < -0.3 is 15.3 Å². The summed E-state index contributed by atoms with van der Waals surface area (Å²) in [6, 6.07) is 6.22. The van der Waals surface area contributed by atoms with Gasteiger partial charge in [0.1, 0.15) is 0 Å². The summed E-state index contributed by atoms with van der Waals surface area (Å²) in [5.74, 6) is -2.17. The highest BCUT2D eigenvalue weighted by molar-refractivity contribution is 6.21. The van der Waals surface area contributed by atoms with Crippen LogP contribution in [-0.4, -0.2) is 64.9 Å². The van der Waals surface area contributed by atoms with Crippen molar-refractivity contribution >= 4 is 23.8 Å². The first-order valence-electron chi connectivity index (χ1n) is 7.70. The molecule has 2 heterocycles. The molecule has 1 aromatic rings. The Balaban J connectivity index is 1.51. The SMILES string of the molecule is O=C(O)C1CCN(C(=O)NCCN2C(=O)c3ccccc3C2=O)C1. The molecule has 1 fully saturated rings. The van der Waals surface area contributed by atoms with Gasteiger partial charge in [0, 0.05) is 26.2 Å². The molecular weight excluding hydrogens is 314 g/mol. The minimum Gasteiger partial charge on any atom is -0.481 e. The molecule has 1 saturated heterocycles. The summed E-state index contributed by atoms with van der Waals surface area (Å²) in [5, 5.41) is 11.6. The number of amides is 4. The zero-order valence-electron chi connectivity index (χ0n) is 12.9. The lowest BCUT2D eigenvalue weighted by molar-refractivity contribution is -0.141. The van der Waals surface area contributed by atoms with Crippen LogP contribution >= 0.6 is 0 Å². The number of carboxylic acids is 1. The van der Waals surface area contributed by atoms with E-state index in [0.717, 1.165) is 4.90 Å². The van der Waals surface area contributed by atoms with Crippen LogP contribution in [0.5, 0.6) is 0 Å². The van der Waals surface area contributed by atoms with Crippen molar-refractivity contribution in [2.75, 3.05) is 26.2 Å². The maximum atomic E-state index is 12.2. The lowest BCUT2D eigenvalue weighted by Gasteiger charge is -2.18. The standard InChI is InChI=1S/C16H17N3O5/c20-13-11-3-1-2-4-12(11)14(21)19(13)8-6-17-16(24)18-7-5-10(9-18)15(22)23/h1-4,10H,5-9H2,(H,17,24)(H,22,23). The Morgan fingerprint density at radius 2 is 1.79 bits per heavy atom. The van der Waals surface area contributed by atoms with Crippen molar-refractivity contribution in [2.24, 2.45) is 5.92 Å². The molecule has 0 spiro atoms. The predicted molar refractivity (Wildman–Crippen MR) is 82.5 cm³/mol. The van der Waals surface area contributed by atoms with Gasteiger partial charge in [-0.2, -0.15) is 0 Å². The fourth-order valence-corrected chi connectivity index (χ4v) is 2.97. The summed E-state index contributed by atoms with van der Waals surface area (Å²) >= 11 is 0. The number of benzene rings is 1. The number of carbonyl (C=O) groups excluding carboxylic acids is 3. The third-order valence-corrected chi connectivity index (χ3v) is 4.31. The average Bonchev–Trinajstić information content (AvgIpc) is 3.15. The van der Waals surface area contributed by atoms with Gasteiger partial charge >= 0.3 is 12.0 Å². The van der Waals surface area contributed by atoms with Crippen LogP contribution in [0.25, 0.3) is 0 Å². The molecule has 8 heteroatoms. The summed E-state index contributed by atoms with van der Waals surface area (Å²) in [6.45, 7) is 0.761. The number of fused-ring (bicyclic) bond motifs is 1. The van der Waals surface area contributed by atoms with E-state index in [0.29, 0.717) is 24.1 Å². The maximum Gasteiger partial charge on any atom is 0.317 e. The lowest BCUT2D eigenvalue weighted by atomic mass is 10.1. The number of aliphatic carboxylic acids is 1. The van der Waals surface area contributed by atoms with Crippen LogP contribution in [0.4, 0.5) is 4.79 Å². The van der Waals surface area contributed by atoms with Gasteiger partial charge in [-0.25, -0.2) is 4.79 Å². The number of nitrogens with zero attached hydrogens (tertiary/aromatic N) is 2. The monoisotopic (exact) mass is 331 g/mol. The molecule has 24 heavy (non-hydrogen) atoms. The molecule has 0 bridgehead atoms. The molecule has 1 aromatic carbocycles. The molecule has 8 nitrogen and oxygen atoms in total. The molecule has 1 atom stereocenters. The normalized spacial score (nSPS) is 19.6. The van der Waals surface area contributed by atoms with Crippen LogP contribution in [0.1, 0.15) is 27.1 Å². The summed E-state index contributed by atoms with van der Waals surface area (Å²) in [7, 11) is 0. The van der Waals surface area contributed by atoms with Crippen LogP contribution in [0.3, 0.4) is 0 Å². The Bertz CT molecular complexity index is 682. The van der Waals surface area contributed by atoms with E-state index >= 15 is 0 Å². The van der Waals surface area contributed by atoms with E-state index in [4.69, 9.17) is 5.11 Å².